The number of rotatable bonds is 6. The van der Waals surface area contributed by atoms with E-state index in [1.807, 2.05) is 0 Å². The minimum absolute atomic E-state index is 0.184. The molecule has 5 rings (SSSR count). The molecule has 0 radical (unpaired) electrons. The number of amides is 1. The molecule has 4 unspecified atom stereocenters. The maximum Gasteiger partial charge on any atom is 0.224 e. The van der Waals surface area contributed by atoms with Crippen LogP contribution in [0.3, 0.4) is 0 Å². The molecule has 156 valence electrons. The van der Waals surface area contributed by atoms with Crippen molar-refractivity contribution in [2.45, 2.75) is 52.4 Å². The molecule has 4 atom stereocenters. The number of carbonyl (C=O) groups excluding carboxylic acids is 1. The van der Waals surface area contributed by atoms with Crippen molar-refractivity contribution in [3.05, 3.63) is 59.8 Å². The van der Waals surface area contributed by atoms with Gasteiger partial charge in [0.2, 0.25) is 5.91 Å². The van der Waals surface area contributed by atoms with Crippen LogP contribution in [0.25, 0.3) is 6.08 Å². The van der Waals surface area contributed by atoms with E-state index in [-0.39, 0.29) is 5.91 Å². The highest BCUT2D eigenvalue weighted by molar-refractivity contribution is 5.93. The number of para-hydroxylation sites is 1. The number of quaternary nitrogens is 1. The first kappa shape index (κ1) is 19.6. The van der Waals surface area contributed by atoms with Crippen molar-refractivity contribution in [3.63, 3.8) is 0 Å². The molecule has 2 fully saturated rings. The molecule has 2 aromatic carbocycles. The molecule has 30 heavy (non-hydrogen) atoms. The summed E-state index contributed by atoms with van der Waals surface area (Å²) in [5, 5.41) is 3.20. The monoisotopic (exact) mass is 401 g/mol. The lowest BCUT2D eigenvalue weighted by molar-refractivity contribution is -0.117. The zero-order valence-corrected chi connectivity index (χ0v) is 18.2. The van der Waals surface area contributed by atoms with Crippen molar-refractivity contribution in [2.24, 2.45) is 17.8 Å². The van der Waals surface area contributed by atoms with Gasteiger partial charge in [-0.15, -0.1) is 0 Å². The van der Waals surface area contributed by atoms with Crippen LogP contribution in [0.4, 0.5) is 17.1 Å². The van der Waals surface area contributed by atoms with Gasteiger partial charge in [0.1, 0.15) is 17.1 Å². The van der Waals surface area contributed by atoms with Gasteiger partial charge in [-0.3, -0.25) is 4.79 Å². The normalized spacial score (nSPS) is 29.0. The second-order valence-electron chi connectivity index (χ2n) is 9.62. The first-order chi connectivity index (χ1) is 14.6. The van der Waals surface area contributed by atoms with Crippen molar-refractivity contribution in [1.82, 2.24) is 4.48 Å². The molecule has 1 heterocycles. The van der Waals surface area contributed by atoms with Gasteiger partial charge < -0.3 is 5.32 Å². The number of anilines is 1. The minimum Gasteiger partial charge on any atom is -0.326 e. The molecule has 0 saturated heterocycles. The Labute approximate surface area is 180 Å². The average molecular weight is 402 g/mol. The van der Waals surface area contributed by atoms with E-state index in [0.717, 1.165) is 35.0 Å². The summed E-state index contributed by atoms with van der Waals surface area (Å²) < 4.78 is 0.784. The van der Waals surface area contributed by atoms with E-state index in [1.54, 1.807) is 0 Å². The van der Waals surface area contributed by atoms with Gasteiger partial charge in [0.15, 0.2) is 0 Å². The summed E-state index contributed by atoms with van der Waals surface area (Å²) in [4.78, 5) is 12.7. The molecule has 1 N–H and O–H groups in total. The first-order valence-corrected chi connectivity index (χ1v) is 11.7. The van der Waals surface area contributed by atoms with Gasteiger partial charge in [-0.25, -0.2) is 4.48 Å². The third kappa shape index (κ3) is 3.20. The number of hydrogen-bond acceptors (Lipinski definition) is 1. The molecule has 3 nitrogen and oxygen atoms in total. The van der Waals surface area contributed by atoms with Crippen LogP contribution >= 0.6 is 0 Å². The average Bonchev–Trinajstić information content (AvgIpc) is 3.43. The lowest BCUT2D eigenvalue weighted by Gasteiger charge is -2.35. The summed E-state index contributed by atoms with van der Waals surface area (Å²) in [5.41, 5.74) is 6.10. The molecule has 0 aromatic heterocycles. The SMILES string of the molecule is CCC[N+]1(c2ccccc2)C(C)=Cc2cc(NC(=O)CC3CC4CCC3C4)ccc21. The maximum absolute atomic E-state index is 12.7. The van der Waals surface area contributed by atoms with Crippen molar-refractivity contribution in [2.75, 3.05) is 11.9 Å². The third-order valence-corrected chi connectivity index (χ3v) is 7.78. The Bertz CT molecular complexity index is 980. The Morgan fingerprint density at radius 3 is 2.63 bits per heavy atom. The van der Waals surface area contributed by atoms with Gasteiger partial charge in [-0.1, -0.05) is 31.5 Å². The van der Waals surface area contributed by atoms with E-state index in [2.05, 4.69) is 73.8 Å². The molecule has 2 bridgehead atoms. The van der Waals surface area contributed by atoms with Crippen molar-refractivity contribution < 1.29 is 4.79 Å². The second-order valence-corrected chi connectivity index (χ2v) is 9.62. The molecule has 2 saturated carbocycles. The molecule has 3 aliphatic rings. The van der Waals surface area contributed by atoms with Crippen molar-refractivity contribution in [1.29, 1.82) is 0 Å². The minimum atomic E-state index is 0.184. The van der Waals surface area contributed by atoms with Gasteiger partial charge in [0, 0.05) is 36.7 Å². The van der Waals surface area contributed by atoms with Crippen molar-refractivity contribution >= 4 is 29.0 Å². The smallest absolute Gasteiger partial charge is 0.224 e. The summed E-state index contributed by atoms with van der Waals surface area (Å²) in [6, 6.07) is 17.3. The van der Waals surface area contributed by atoms with Crippen LogP contribution in [0.2, 0.25) is 0 Å². The lowest BCUT2D eigenvalue weighted by atomic mass is 9.86. The zero-order chi connectivity index (χ0) is 20.7. The predicted molar refractivity (Wildman–Crippen MR) is 125 cm³/mol. The highest BCUT2D eigenvalue weighted by Crippen LogP contribution is 2.50. The van der Waals surface area contributed by atoms with E-state index >= 15 is 0 Å². The molecule has 1 aliphatic heterocycles. The Balaban J connectivity index is 1.38. The maximum atomic E-state index is 12.7. The molecule has 3 heteroatoms. The number of fused-ring (bicyclic) bond motifs is 3. The van der Waals surface area contributed by atoms with E-state index < -0.39 is 0 Å². The Kier molecular flexibility index (Phi) is 5.02. The van der Waals surface area contributed by atoms with E-state index in [9.17, 15) is 4.79 Å². The van der Waals surface area contributed by atoms with Crippen LogP contribution < -0.4 is 9.80 Å². The Hall–Kier alpha value is -2.39. The quantitative estimate of drug-likeness (QED) is 0.526. The summed E-state index contributed by atoms with van der Waals surface area (Å²) in [7, 11) is 0. The second kappa shape index (κ2) is 7.70. The van der Waals surface area contributed by atoms with E-state index in [1.165, 1.54) is 48.3 Å². The highest BCUT2D eigenvalue weighted by atomic mass is 16.1. The van der Waals surface area contributed by atoms with E-state index in [4.69, 9.17) is 0 Å². The fourth-order valence-electron chi connectivity index (χ4n) is 6.48. The van der Waals surface area contributed by atoms with Crippen LogP contribution in [0.5, 0.6) is 0 Å². The largest absolute Gasteiger partial charge is 0.326 e. The fourth-order valence-corrected chi connectivity index (χ4v) is 6.48. The van der Waals surface area contributed by atoms with Gasteiger partial charge >= 0.3 is 0 Å². The summed E-state index contributed by atoms with van der Waals surface area (Å²) >= 11 is 0. The molecular formula is C27H33N2O+. The standard InChI is InChI=1S/C27H32N2O/c1-3-13-29(25-7-5-4-6-8-25)19(2)14-23-17-24(11-12-26(23)29)28-27(30)18-22-16-20-9-10-21(22)15-20/h4-8,11-12,14,17,20-22H,3,9-10,13,15-16,18H2,1-2H3/p+1. The third-order valence-electron chi connectivity index (χ3n) is 7.78. The van der Waals surface area contributed by atoms with Crippen LogP contribution in [0.1, 0.15) is 57.9 Å². The van der Waals surface area contributed by atoms with Crippen LogP contribution in [-0.4, -0.2) is 12.5 Å². The van der Waals surface area contributed by atoms with Crippen molar-refractivity contribution in [3.8, 4) is 0 Å². The number of nitrogens with zero attached hydrogens (tertiary/aromatic N) is 1. The number of allylic oxidation sites excluding steroid dienone is 1. The van der Waals surface area contributed by atoms with Crippen LogP contribution in [0, 0.1) is 17.8 Å². The summed E-state index contributed by atoms with van der Waals surface area (Å²) in [6.45, 7) is 5.52. The lowest BCUT2D eigenvalue weighted by Crippen LogP contribution is -2.41. The van der Waals surface area contributed by atoms with Crippen LogP contribution in [-0.2, 0) is 4.79 Å². The van der Waals surface area contributed by atoms with Gasteiger partial charge in [-0.2, -0.15) is 0 Å². The number of hydrogen-bond donors (Lipinski definition) is 1. The zero-order valence-electron chi connectivity index (χ0n) is 18.2. The number of nitrogens with one attached hydrogen (secondary N) is 1. The molecular weight excluding hydrogens is 368 g/mol. The Morgan fingerprint density at radius 2 is 1.93 bits per heavy atom. The Morgan fingerprint density at radius 1 is 1.10 bits per heavy atom. The topological polar surface area (TPSA) is 29.1 Å². The van der Waals surface area contributed by atoms with Gasteiger partial charge in [0.05, 0.1) is 6.54 Å². The van der Waals surface area contributed by atoms with E-state index in [0.29, 0.717) is 12.3 Å². The predicted octanol–water partition coefficient (Wildman–Crippen LogP) is 6.87. The number of benzene rings is 2. The molecule has 0 spiro atoms. The molecule has 2 aliphatic carbocycles. The van der Waals surface area contributed by atoms with Gasteiger partial charge in [0.25, 0.3) is 0 Å². The fraction of sp³-hybridized carbons (Fsp3) is 0.444. The molecule has 2 aromatic rings. The molecule has 1 amide bonds. The van der Waals surface area contributed by atoms with Gasteiger partial charge in [-0.05, 0) is 67.7 Å². The summed E-state index contributed by atoms with van der Waals surface area (Å²) in [5.74, 6) is 2.48. The number of carbonyl (C=O) groups is 1. The summed E-state index contributed by atoms with van der Waals surface area (Å²) in [6.07, 6.45) is 9.43. The first-order valence-electron chi connectivity index (χ1n) is 11.7. The highest BCUT2D eigenvalue weighted by Gasteiger charge is 2.42. The van der Waals surface area contributed by atoms with Crippen LogP contribution in [0.15, 0.2) is 54.2 Å².